The summed E-state index contributed by atoms with van der Waals surface area (Å²) in [6.45, 7) is 5.54. The number of benzene rings is 4. The van der Waals surface area contributed by atoms with E-state index in [9.17, 15) is 22.8 Å². The number of hydrogen-bond acceptors (Lipinski definition) is 8. The zero-order valence-corrected chi connectivity index (χ0v) is 29.1. The largest absolute Gasteiger partial charge is 0.573 e. The Bertz CT molecular complexity index is 1820. The van der Waals surface area contributed by atoms with Gasteiger partial charge in [0.2, 0.25) is 5.90 Å². The summed E-state index contributed by atoms with van der Waals surface area (Å²) in [5, 5.41) is 12.0. The molecule has 2 atom stereocenters. The monoisotopic (exact) mass is 718 g/mol. The molecular weight excluding hydrogens is 677 g/mol. The Labute approximate surface area is 300 Å². The van der Waals surface area contributed by atoms with E-state index < -0.39 is 41.2 Å². The summed E-state index contributed by atoms with van der Waals surface area (Å²) in [6.07, 6.45) is -5.58. The van der Waals surface area contributed by atoms with E-state index in [0.29, 0.717) is 35.5 Å². The van der Waals surface area contributed by atoms with Crippen molar-refractivity contribution in [2.24, 2.45) is 4.99 Å². The van der Waals surface area contributed by atoms with Crippen LogP contribution in [0.1, 0.15) is 62.8 Å². The highest BCUT2D eigenvalue weighted by atomic mass is 19.4. The Kier molecular flexibility index (Phi) is 11.9. The topological polar surface area (TPSA) is 116 Å². The first kappa shape index (κ1) is 37.9. The third-order valence-electron chi connectivity index (χ3n) is 8.09. The second-order valence-corrected chi connectivity index (χ2v) is 13.2. The number of ether oxygens (including phenoxy) is 4. The van der Waals surface area contributed by atoms with Gasteiger partial charge >= 0.3 is 12.3 Å². The number of esters is 1. The highest BCUT2D eigenvalue weighted by Gasteiger charge is 2.53. The van der Waals surface area contributed by atoms with Crippen LogP contribution in [-0.2, 0) is 25.6 Å². The van der Waals surface area contributed by atoms with Crippen molar-refractivity contribution in [2.45, 2.75) is 70.2 Å². The fourth-order valence-electron chi connectivity index (χ4n) is 5.68. The number of rotatable bonds is 14. The van der Waals surface area contributed by atoms with Crippen molar-refractivity contribution >= 4 is 17.8 Å². The van der Waals surface area contributed by atoms with Gasteiger partial charge in [-0.1, -0.05) is 66.7 Å². The third-order valence-corrected chi connectivity index (χ3v) is 8.09. The van der Waals surface area contributed by atoms with Crippen molar-refractivity contribution in [3.05, 3.63) is 120 Å². The number of alkyl halides is 3. The number of aliphatic imine (C=N–C) groups is 1. The van der Waals surface area contributed by atoms with Crippen molar-refractivity contribution in [2.75, 3.05) is 13.2 Å². The zero-order chi connectivity index (χ0) is 37.4. The van der Waals surface area contributed by atoms with Crippen molar-refractivity contribution in [3.8, 4) is 22.6 Å². The minimum Gasteiger partial charge on any atom is -0.494 e. The van der Waals surface area contributed by atoms with Gasteiger partial charge in [0.15, 0.2) is 11.6 Å². The lowest BCUT2D eigenvalue weighted by molar-refractivity contribution is -0.274. The molecule has 0 spiro atoms. The fraction of sp³-hybridized carbons (Fsp3) is 0.325. The van der Waals surface area contributed by atoms with E-state index in [4.69, 9.17) is 24.3 Å². The number of nitrogens with zero attached hydrogens (tertiary/aromatic N) is 1. The summed E-state index contributed by atoms with van der Waals surface area (Å²) in [5.41, 5.74) is 1.23. The van der Waals surface area contributed by atoms with E-state index in [2.05, 4.69) is 10.1 Å². The molecule has 2 N–H and O–H groups in total. The third kappa shape index (κ3) is 10.1. The van der Waals surface area contributed by atoms with Gasteiger partial charge in [0, 0.05) is 31.6 Å². The van der Waals surface area contributed by atoms with Crippen LogP contribution >= 0.6 is 0 Å². The molecule has 5 rings (SSSR count). The highest BCUT2D eigenvalue weighted by molar-refractivity contribution is 6.01. The van der Waals surface area contributed by atoms with Gasteiger partial charge < -0.3 is 29.4 Å². The number of aliphatic hydroxyl groups is 1. The number of nitrogens with one attached hydrogen (secondary N) is 1. The number of aliphatic hydroxyl groups excluding tert-OH is 1. The predicted molar refractivity (Wildman–Crippen MR) is 189 cm³/mol. The van der Waals surface area contributed by atoms with E-state index in [0.717, 1.165) is 23.3 Å². The molecule has 0 fully saturated rings. The molecule has 0 radical (unpaired) electrons. The van der Waals surface area contributed by atoms with Crippen molar-refractivity contribution in [1.82, 2.24) is 5.32 Å². The van der Waals surface area contributed by atoms with Crippen LogP contribution < -0.4 is 14.8 Å². The Morgan fingerprint density at radius 2 is 1.46 bits per heavy atom. The summed E-state index contributed by atoms with van der Waals surface area (Å²) < 4.78 is 59.9. The Morgan fingerprint density at radius 3 is 2.08 bits per heavy atom. The Hall–Kier alpha value is -5.36. The molecule has 12 heteroatoms. The minimum atomic E-state index is -4.84. The van der Waals surface area contributed by atoms with E-state index in [1.807, 2.05) is 54.6 Å². The molecule has 0 aromatic heterocycles. The molecule has 52 heavy (non-hydrogen) atoms. The van der Waals surface area contributed by atoms with E-state index in [1.165, 1.54) is 12.1 Å². The van der Waals surface area contributed by atoms with Gasteiger partial charge in [0.05, 0.1) is 6.61 Å². The number of amides is 1. The smallest absolute Gasteiger partial charge is 0.494 e. The highest BCUT2D eigenvalue weighted by Crippen LogP contribution is 2.44. The Morgan fingerprint density at radius 1 is 0.846 bits per heavy atom. The molecule has 1 aliphatic rings. The average Bonchev–Trinajstić information content (AvgIpc) is 3.51. The van der Waals surface area contributed by atoms with Gasteiger partial charge in [-0.2, -0.15) is 0 Å². The van der Waals surface area contributed by atoms with Crippen molar-refractivity contribution < 1.29 is 46.8 Å². The predicted octanol–water partition coefficient (Wildman–Crippen LogP) is 7.71. The molecule has 0 aliphatic carbocycles. The van der Waals surface area contributed by atoms with Gasteiger partial charge in [-0.05, 0) is 85.8 Å². The molecule has 0 bridgehead atoms. The van der Waals surface area contributed by atoms with Gasteiger partial charge in [0.1, 0.15) is 17.1 Å². The van der Waals surface area contributed by atoms with Gasteiger partial charge in [0.25, 0.3) is 5.91 Å². The number of carbonyl (C=O) groups excluding carboxylic acids is 2. The summed E-state index contributed by atoms with van der Waals surface area (Å²) in [7, 11) is 0. The second kappa shape index (κ2) is 16.3. The number of carbonyl (C=O) groups is 2. The first-order chi connectivity index (χ1) is 24.7. The molecular formula is C40H41F3N2O7. The molecule has 274 valence electrons. The first-order valence-corrected chi connectivity index (χ1v) is 16.9. The van der Waals surface area contributed by atoms with Gasteiger partial charge in [-0.15, -0.1) is 13.2 Å². The minimum absolute atomic E-state index is 0.00166. The molecule has 0 saturated heterocycles. The van der Waals surface area contributed by atoms with E-state index in [-0.39, 0.29) is 31.9 Å². The second-order valence-electron chi connectivity index (χ2n) is 13.2. The first-order valence-electron chi connectivity index (χ1n) is 16.9. The van der Waals surface area contributed by atoms with Crippen LogP contribution in [0.15, 0.2) is 108 Å². The van der Waals surface area contributed by atoms with E-state index in [1.54, 1.807) is 45.0 Å². The maximum atomic E-state index is 14.5. The molecule has 0 saturated carbocycles. The van der Waals surface area contributed by atoms with Gasteiger partial charge in [-0.25, -0.2) is 4.99 Å². The SMILES string of the molecule is CC(C)(C)OC(=O)CC[C@@]1(C(=O)NCc2ccc(OC(F)(F)F)cc2)N=C(c2ccc(OCCCO)cc2)O[C@@H]1c1ccc(-c2ccccc2)cc1. The van der Waals surface area contributed by atoms with Gasteiger partial charge in [-0.3, -0.25) is 9.59 Å². The summed E-state index contributed by atoms with van der Waals surface area (Å²) >= 11 is 0. The van der Waals surface area contributed by atoms with E-state index >= 15 is 0 Å². The molecule has 1 heterocycles. The maximum absolute atomic E-state index is 14.5. The van der Waals surface area contributed by atoms with Crippen LogP contribution in [0.2, 0.25) is 0 Å². The number of halogens is 3. The summed E-state index contributed by atoms with van der Waals surface area (Å²) in [6, 6.07) is 29.5. The molecule has 0 unspecified atom stereocenters. The quantitative estimate of drug-likeness (QED) is 0.101. The maximum Gasteiger partial charge on any atom is 0.573 e. The molecule has 1 amide bonds. The molecule has 4 aromatic rings. The lowest BCUT2D eigenvalue weighted by Crippen LogP contribution is -2.48. The normalized spacial score (nSPS) is 17.1. The Balaban J connectivity index is 1.50. The van der Waals surface area contributed by atoms with Crippen LogP contribution in [0, 0.1) is 0 Å². The zero-order valence-electron chi connectivity index (χ0n) is 29.1. The molecule has 4 aromatic carbocycles. The summed E-state index contributed by atoms with van der Waals surface area (Å²) in [4.78, 5) is 32.5. The van der Waals surface area contributed by atoms with Crippen LogP contribution in [-0.4, -0.2) is 53.6 Å². The number of hydrogen-bond donors (Lipinski definition) is 2. The van der Waals surface area contributed by atoms with Crippen LogP contribution in [0.4, 0.5) is 13.2 Å². The average molecular weight is 719 g/mol. The van der Waals surface area contributed by atoms with Crippen LogP contribution in [0.3, 0.4) is 0 Å². The van der Waals surface area contributed by atoms with Crippen LogP contribution in [0.5, 0.6) is 11.5 Å². The summed E-state index contributed by atoms with van der Waals surface area (Å²) in [5.74, 6) is -0.718. The fourth-order valence-corrected chi connectivity index (χ4v) is 5.68. The molecule has 9 nitrogen and oxygen atoms in total. The lowest BCUT2D eigenvalue weighted by Gasteiger charge is -2.31. The van der Waals surface area contributed by atoms with Crippen LogP contribution in [0.25, 0.3) is 11.1 Å². The van der Waals surface area contributed by atoms with Crippen molar-refractivity contribution in [1.29, 1.82) is 0 Å². The lowest BCUT2D eigenvalue weighted by atomic mass is 9.83. The van der Waals surface area contributed by atoms with Crippen molar-refractivity contribution in [3.63, 3.8) is 0 Å². The standard InChI is InChI=1S/C40H41F3N2O7/c1-38(2,3)52-34(47)22-23-39(37(48)44-26-27-10-18-33(19-11-27)51-40(41,42)43)35(30-14-12-29(13-15-30)28-8-5-4-6-9-28)50-36(45-39)31-16-20-32(21-17-31)49-25-7-24-46/h4-6,8-21,35,46H,7,22-26H2,1-3H3,(H,44,48)/t35-,39-/m1/s1. The molecule has 1 aliphatic heterocycles.